The van der Waals surface area contributed by atoms with Crippen molar-refractivity contribution in [2.75, 3.05) is 39.9 Å². The Morgan fingerprint density at radius 3 is 2.92 bits per heavy atom. The first kappa shape index (κ1) is 17.9. The predicted octanol–water partition coefficient (Wildman–Crippen LogP) is 1.66. The summed E-state index contributed by atoms with van der Waals surface area (Å²) in [5.74, 6) is 0.633. The molecule has 0 bridgehead atoms. The number of nitrogens with zero attached hydrogens (tertiary/aromatic N) is 3. The Labute approximate surface area is 149 Å². The Morgan fingerprint density at radius 2 is 2.20 bits per heavy atom. The molecule has 136 valence electrons. The van der Waals surface area contributed by atoms with Crippen LogP contribution < -0.4 is 5.32 Å². The van der Waals surface area contributed by atoms with Gasteiger partial charge in [-0.15, -0.1) is 0 Å². The maximum atomic E-state index is 12.2. The lowest BCUT2D eigenvalue weighted by Gasteiger charge is -2.31. The summed E-state index contributed by atoms with van der Waals surface area (Å²) >= 11 is 0. The van der Waals surface area contributed by atoms with Crippen molar-refractivity contribution in [1.82, 2.24) is 19.6 Å². The predicted molar refractivity (Wildman–Crippen MR) is 97.7 cm³/mol. The minimum atomic E-state index is 0.0582. The summed E-state index contributed by atoms with van der Waals surface area (Å²) in [7, 11) is 1.74. The van der Waals surface area contributed by atoms with Crippen LogP contribution in [-0.4, -0.2) is 60.1 Å². The Kier molecular flexibility index (Phi) is 6.04. The van der Waals surface area contributed by atoms with E-state index in [0.717, 1.165) is 62.5 Å². The molecule has 0 radical (unpaired) electrons. The number of likely N-dealkylation sites (tertiary alicyclic amines) is 1. The minimum absolute atomic E-state index is 0.0582. The van der Waals surface area contributed by atoms with Crippen LogP contribution in [0.5, 0.6) is 0 Å². The number of piperidine rings is 1. The standard InChI is InChI=1S/C19H28N4O2/c1-15-4-3-7-23-14-17(21-19(15)23)12-18(24)20-13-16-5-8-22(9-6-16)10-11-25-2/h3-4,7,14,16H,5-6,8-13H2,1-2H3,(H,20,24). The summed E-state index contributed by atoms with van der Waals surface area (Å²) in [6, 6.07) is 4.03. The number of nitrogens with one attached hydrogen (secondary N) is 1. The molecule has 2 aromatic heterocycles. The fourth-order valence-corrected chi connectivity index (χ4v) is 3.41. The monoisotopic (exact) mass is 344 g/mol. The number of rotatable bonds is 7. The first-order chi connectivity index (χ1) is 12.2. The first-order valence-electron chi connectivity index (χ1n) is 9.07. The molecule has 0 spiro atoms. The highest BCUT2D eigenvalue weighted by Crippen LogP contribution is 2.16. The molecule has 1 saturated heterocycles. The van der Waals surface area contributed by atoms with Crippen LogP contribution in [0.2, 0.25) is 0 Å². The van der Waals surface area contributed by atoms with Crippen LogP contribution in [0.4, 0.5) is 0 Å². The minimum Gasteiger partial charge on any atom is -0.383 e. The highest BCUT2D eigenvalue weighted by atomic mass is 16.5. The van der Waals surface area contributed by atoms with Gasteiger partial charge in [0.15, 0.2) is 0 Å². The largest absolute Gasteiger partial charge is 0.383 e. The van der Waals surface area contributed by atoms with Gasteiger partial charge in [0.1, 0.15) is 5.65 Å². The Hall–Kier alpha value is -1.92. The molecule has 1 aliphatic heterocycles. The number of pyridine rings is 1. The number of hydrogen-bond donors (Lipinski definition) is 1. The summed E-state index contributed by atoms with van der Waals surface area (Å²) in [5.41, 5.74) is 2.87. The van der Waals surface area contributed by atoms with E-state index in [1.54, 1.807) is 7.11 Å². The van der Waals surface area contributed by atoms with Crippen molar-refractivity contribution in [2.24, 2.45) is 5.92 Å². The van der Waals surface area contributed by atoms with Crippen molar-refractivity contribution in [3.63, 3.8) is 0 Å². The smallest absolute Gasteiger partial charge is 0.226 e. The Morgan fingerprint density at radius 1 is 1.40 bits per heavy atom. The van der Waals surface area contributed by atoms with E-state index in [4.69, 9.17) is 4.74 Å². The van der Waals surface area contributed by atoms with E-state index in [1.807, 2.05) is 35.9 Å². The number of amides is 1. The van der Waals surface area contributed by atoms with Gasteiger partial charge in [0, 0.05) is 32.6 Å². The van der Waals surface area contributed by atoms with Crippen LogP contribution in [0.3, 0.4) is 0 Å². The molecule has 0 unspecified atom stereocenters. The van der Waals surface area contributed by atoms with Crippen molar-refractivity contribution >= 4 is 11.6 Å². The van der Waals surface area contributed by atoms with Gasteiger partial charge in [-0.05, 0) is 50.4 Å². The lowest BCUT2D eigenvalue weighted by Crippen LogP contribution is -2.40. The number of aryl methyl sites for hydroxylation is 1. The first-order valence-corrected chi connectivity index (χ1v) is 9.07. The second kappa shape index (κ2) is 8.45. The van der Waals surface area contributed by atoms with E-state index >= 15 is 0 Å². The van der Waals surface area contributed by atoms with Crippen molar-refractivity contribution in [1.29, 1.82) is 0 Å². The summed E-state index contributed by atoms with van der Waals surface area (Å²) in [6.07, 6.45) is 6.52. The van der Waals surface area contributed by atoms with Gasteiger partial charge in [-0.1, -0.05) is 6.07 Å². The summed E-state index contributed by atoms with van der Waals surface area (Å²) in [5, 5.41) is 3.09. The molecule has 3 rings (SSSR count). The fourth-order valence-electron chi connectivity index (χ4n) is 3.41. The third-order valence-electron chi connectivity index (χ3n) is 4.98. The number of hydrogen-bond acceptors (Lipinski definition) is 4. The molecule has 6 heteroatoms. The fraction of sp³-hybridized carbons (Fsp3) is 0.579. The van der Waals surface area contributed by atoms with Crippen molar-refractivity contribution < 1.29 is 9.53 Å². The topological polar surface area (TPSA) is 58.9 Å². The lowest BCUT2D eigenvalue weighted by atomic mass is 9.97. The highest BCUT2D eigenvalue weighted by Gasteiger charge is 2.19. The van der Waals surface area contributed by atoms with Gasteiger partial charge >= 0.3 is 0 Å². The molecule has 1 fully saturated rings. The van der Waals surface area contributed by atoms with Crippen LogP contribution in [0.1, 0.15) is 24.1 Å². The summed E-state index contributed by atoms with van der Waals surface area (Å²) < 4.78 is 7.11. The van der Waals surface area contributed by atoms with Gasteiger partial charge in [-0.3, -0.25) is 4.79 Å². The van der Waals surface area contributed by atoms with E-state index in [1.165, 1.54) is 0 Å². The van der Waals surface area contributed by atoms with Crippen LogP contribution in [0.25, 0.3) is 5.65 Å². The van der Waals surface area contributed by atoms with E-state index in [0.29, 0.717) is 12.3 Å². The molecular weight excluding hydrogens is 316 g/mol. The average molecular weight is 344 g/mol. The quantitative estimate of drug-likeness (QED) is 0.830. The molecule has 3 heterocycles. The SMILES string of the molecule is COCCN1CCC(CNC(=O)Cc2cn3cccc(C)c3n2)CC1. The summed E-state index contributed by atoms with van der Waals surface area (Å²) in [4.78, 5) is 19.2. The maximum absolute atomic E-state index is 12.2. The molecule has 25 heavy (non-hydrogen) atoms. The molecule has 1 N–H and O–H groups in total. The van der Waals surface area contributed by atoms with Crippen molar-refractivity contribution in [3.8, 4) is 0 Å². The van der Waals surface area contributed by atoms with Gasteiger partial charge in [-0.2, -0.15) is 0 Å². The third-order valence-corrected chi connectivity index (χ3v) is 4.98. The number of aromatic nitrogens is 2. The number of carbonyl (C=O) groups is 1. The van der Waals surface area contributed by atoms with Crippen LogP contribution in [-0.2, 0) is 16.0 Å². The van der Waals surface area contributed by atoms with Crippen molar-refractivity contribution in [2.45, 2.75) is 26.2 Å². The molecule has 0 saturated carbocycles. The number of methoxy groups -OCH3 is 1. The second-order valence-corrected chi connectivity index (χ2v) is 6.91. The zero-order chi connectivity index (χ0) is 17.6. The van der Waals surface area contributed by atoms with Crippen LogP contribution in [0.15, 0.2) is 24.5 Å². The molecule has 0 aliphatic carbocycles. The Balaban J connectivity index is 1.43. The van der Waals surface area contributed by atoms with E-state index in [2.05, 4.69) is 15.2 Å². The molecule has 2 aromatic rings. The van der Waals surface area contributed by atoms with E-state index in [9.17, 15) is 4.79 Å². The molecule has 1 amide bonds. The third kappa shape index (κ3) is 4.80. The van der Waals surface area contributed by atoms with E-state index in [-0.39, 0.29) is 5.91 Å². The number of imidazole rings is 1. The molecule has 1 aliphatic rings. The van der Waals surface area contributed by atoms with Crippen LogP contribution >= 0.6 is 0 Å². The lowest BCUT2D eigenvalue weighted by molar-refractivity contribution is -0.120. The van der Waals surface area contributed by atoms with Gasteiger partial charge in [0.2, 0.25) is 5.91 Å². The van der Waals surface area contributed by atoms with Crippen LogP contribution in [0, 0.1) is 12.8 Å². The highest BCUT2D eigenvalue weighted by molar-refractivity contribution is 5.78. The van der Waals surface area contributed by atoms with E-state index < -0.39 is 0 Å². The molecule has 6 nitrogen and oxygen atoms in total. The zero-order valence-corrected chi connectivity index (χ0v) is 15.2. The van der Waals surface area contributed by atoms with Gasteiger partial charge in [-0.25, -0.2) is 4.98 Å². The number of ether oxygens (including phenoxy) is 1. The second-order valence-electron chi connectivity index (χ2n) is 6.91. The van der Waals surface area contributed by atoms with Crippen molar-refractivity contribution in [3.05, 3.63) is 35.8 Å². The van der Waals surface area contributed by atoms with Gasteiger partial charge < -0.3 is 19.4 Å². The molecular formula is C19H28N4O2. The van der Waals surface area contributed by atoms with Gasteiger partial charge in [0.25, 0.3) is 0 Å². The molecule has 0 atom stereocenters. The average Bonchev–Trinajstić information content (AvgIpc) is 3.03. The molecule has 0 aromatic carbocycles. The maximum Gasteiger partial charge on any atom is 0.226 e. The normalized spacial score (nSPS) is 16.4. The summed E-state index contributed by atoms with van der Waals surface area (Å²) in [6.45, 7) is 6.78. The van der Waals surface area contributed by atoms with Gasteiger partial charge in [0.05, 0.1) is 18.7 Å². The zero-order valence-electron chi connectivity index (χ0n) is 15.2. The Bertz CT molecular complexity index is 705. The number of fused-ring (bicyclic) bond motifs is 1. The number of carbonyl (C=O) groups excluding carboxylic acids is 1.